The normalized spacial score (nSPS) is 12.6. The minimum Gasteiger partial charge on any atom is -0.306 e. The number of thiophene rings is 1. The van der Waals surface area contributed by atoms with Gasteiger partial charge in [0.2, 0.25) is 0 Å². The highest BCUT2D eigenvalue weighted by molar-refractivity contribution is 7.12. The third-order valence-corrected chi connectivity index (χ3v) is 4.62. The molecule has 1 unspecified atom stereocenters. The first kappa shape index (κ1) is 14.5. The lowest BCUT2D eigenvalue weighted by molar-refractivity contribution is 0.617. The van der Waals surface area contributed by atoms with Crippen molar-refractivity contribution in [2.45, 2.75) is 26.3 Å². The topological polar surface area (TPSA) is 12.0 Å². The van der Waals surface area contributed by atoms with Crippen LogP contribution in [0.5, 0.6) is 0 Å². The molecule has 102 valence electrons. The molecule has 1 N–H and O–H groups in total. The van der Waals surface area contributed by atoms with Crippen LogP contribution < -0.4 is 5.32 Å². The fraction of sp³-hybridized carbons (Fsp3) is 0.333. The zero-order chi connectivity index (χ0) is 13.8. The van der Waals surface area contributed by atoms with Crippen LogP contribution in [0.2, 0.25) is 5.02 Å². The maximum atomic E-state index is 13.2. The van der Waals surface area contributed by atoms with Gasteiger partial charge in [0, 0.05) is 14.8 Å². The minimum absolute atomic E-state index is 0.0309. The van der Waals surface area contributed by atoms with E-state index in [9.17, 15) is 4.39 Å². The van der Waals surface area contributed by atoms with E-state index >= 15 is 0 Å². The lowest BCUT2D eigenvalue weighted by Gasteiger charge is -2.18. The molecule has 1 aromatic carbocycles. The molecule has 0 saturated heterocycles. The molecule has 1 nitrogen and oxygen atoms in total. The first-order chi connectivity index (χ1) is 9.15. The van der Waals surface area contributed by atoms with Crippen molar-refractivity contribution in [3.63, 3.8) is 0 Å². The predicted molar refractivity (Wildman–Crippen MR) is 80.6 cm³/mol. The average molecular weight is 298 g/mol. The zero-order valence-electron chi connectivity index (χ0n) is 11.0. The van der Waals surface area contributed by atoms with E-state index in [1.54, 1.807) is 17.4 Å². The molecule has 1 atom stereocenters. The van der Waals surface area contributed by atoms with Gasteiger partial charge in [-0.25, -0.2) is 4.39 Å². The van der Waals surface area contributed by atoms with Gasteiger partial charge in [0.25, 0.3) is 0 Å². The molecule has 1 aromatic heterocycles. The Morgan fingerprint density at radius 1 is 1.26 bits per heavy atom. The van der Waals surface area contributed by atoms with Crippen molar-refractivity contribution in [2.75, 3.05) is 6.54 Å². The second-order valence-electron chi connectivity index (χ2n) is 4.31. The van der Waals surface area contributed by atoms with Crippen LogP contribution in [-0.4, -0.2) is 6.54 Å². The molecule has 0 spiro atoms. The Bertz CT molecular complexity index is 553. The summed E-state index contributed by atoms with van der Waals surface area (Å²) in [5, 5.41) is 3.89. The highest BCUT2D eigenvalue weighted by Gasteiger charge is 2.18. The highest BCUT2D eigenvalue weighted by atomic mass is 35.5. The highest BCUT2D eigenvalue weighted by Crippen LogP contribution is 2.33. The predicted octanol–water partition coefficient (Wildman–Crippen LogP) is 4.80. The van der Waals surface area contributed by atoms with Gasteiger partial charge in [0.05, 0.1) is 6.04 Å². The van der Waals surface area contributed by atoms with E-state index in [4.69, 9.17) is 11.6 Å². The van der Waals surface area contributed by atoms with Gasteiger partial charge >= 0.3 is 0 Å². The Hall–Kier alpha value is -0.900. The number of hydrogen-bond donors (Lipinski definition) is 1. The van der Waals surface area contributed by atoms with Crippen LogP contribution in [-0.2, 0) is 6.42 Å². The number of rotatable bonds is 5. The van der Waals surface area contributed by atoms with Crippen molar-refractivity contribution in [3.8, 4) is 0 Å². The molecule has 0 aliphatic heterocycles. The van der Waals surface area contributed by atoms with Crippen molar-refractivity contribution in [1.82, 2.24) is 5.32 Å². The van der Waals surface area contributed by atoms with Crippen molar-refractivity contribution >= 4 is 22.9 Å². The Morgan fingerprint density at radius 2 is 2.05 bits per heavy atom. The smallest absolute Gasteiger partial charge is 0.124 e. The minimum atomic E-state index is -0.301. The van der Waals surface area contributed by atoms with Gasteiger partial charge in [0.1, 0.15) is 5.82 Å². The number of benzene rings is 1. The van der Waals surface area contributed by atoms with Crippen LogP contribution in [0.3, 0.4) is 0 Å². The second kappa shape index (κ2) is 6.51. The fourth-order valence-electron chi connectivity index (χ4n) is 2.04. The van der Waals surface area contributed by atoms with Gasteiger partial charge < -0.3 is 5.32 Å². The molecule has 1 heterocycles. The third kappa shape index (κ3) is 3.35. The summed E-state index contributed by atoms with van der Waals surface area (Å²) in [7, 11) is 0. The molecule has 0 saturated carbocycles. The van der Waals surface area contributed by atoms with E-state index in [-0.39, 0.29) is 11.9 Å². The number of aryl methyl sites for hydroxylation is 1. The summed E-state index contributed by atoms with van der Waals surface area (Å²) in [6.07, 6.45) is 1.03. The standard InChI is InChI=1S/C15H17ClFNS/c1-3-11-6-8-14(19-11)15(18-4-2)12-7-5-10(17)9-13(12)16/h5-9,15,18H,3-4H2,1-2H3. The van der Waals surface area contributed by atoms with Crippen LogP contribution in [0.4, 0.5) is 4.39 Å². The summed E-state index contributed by atoms with van der Waals surface area (Å²) in [5.41, 5.74) is 0.925. The Kier molecular flexibility index (Phi) is 4.97. The maximum Gasteiger partial charge on any atom is 0.124 e. The van der Waals surface area contributed by atoms with E-state index in [0.29, 0.717) is 5.02 Å². The van der Waals surface area contributed by atoms with Gasteiger partial charge in [-0.05, 0) is 42.8 Å². The van der Waals surface area contributed by atoms with E-state index in [2.05, 4.69) is 31.3 Å². The van der Waals surface area contributed by atoms with Crippen molar-refractivity contribution < 1.29 is 4.39 Å². The van der Waals surface area contributed by atoms with Gasteiger partial charge in [-0.2, -0.15) is 0 Å². The van der Waals surface area contributed by atoms with Gasteiger partial charge in [-0.1, -0.05) is 31.5 Å². The van der Waals surface area contributed by atoms with Gasteiger partial charge in [0.15, 0.2) is 0 Å². The Morgan fingerprint density at radius 3 is 2.63 bits per heavy atom. The molecule has 0 aliphatic carbocycles. The largest absolute Gasteiger partial charge is 0.306 e. The number of hydrogen-bond acceptors (Lipinski definition) is 2. The quantitative estimate of drug-likeness (QED) is 0.836. The summed E-state index contributed by atoms with van der Waals surface area (Å²) in [6.45, 7) is 5.03. The Balaban J connectivity index is 2.38. The molecule has 19 heavy (non-hydrogen) atoms. The molecular weight excluding hydrogens is 281 g/mol. The molecule has 0 fully saturated rings. The van der Waals surface area contributed by atoms with Gasteiger partial charge in [-0.15, -0.1) is 11.3 Å². The van der Waals surface area contributed by atoms with Crippen LogP contribution in [0.1, 0.15) is 35.2 Å². The first-order valence-electron chi connectivity index (χ1n) is 6.42. The van der Waals surface area contributed by atoms with E-state index in [0.717, 1.165) is 18.5 Å². The van der Waals surface area contributed by atoms with E-state index < -0.39 is 0 Å². The van der Waals surface area contributed by atoms with Crippen LogP contribution in [0.15, 0.2) is 30.3 Å². The molecular formula is C15H17ClFNS. The fourth-order valence-corrected chi connectivity index (χ4v) is 3.37. The van der Waals surface area contributed by atoms with Crippen molar-refractivity contribution in [2.24, 2.45) is 0 Å². The molecule has 0 aliphatic rings. The first-order valence-corrected chi connectivity index (χ1v) is 7.62. The lowest BCUT2D eigenvalue weighted by Crippen LogP contribution is -2.21. The van der Waals surface area contributed by atoms with Crippen molar-refractivity contribution in [1.29, 1.82) is 0 Å². The summed E-state index contributed by atoms with van der Waals surface area (Å²) < 4.78 is 13.2. The van der Waals surface area contributed by atoms with Crippen LogP contribution >= 0.6 is 22.9 Å². The van der Waals surface area contributed by atoms with Crippen LogP contribution in [0.25, 0.3) is 0 Å². The number of nitrogens with one attached hydrogen (secondary N) is 1. The molecule has 0 amide bonds. The molecule has 0 bridgehead atoms. The summed E-state index contributed by atoms with van der Waals surface area (Å²) in [4.78, 5) is 2.56. The lowest BCUT2D eigenvalue weighted by atomic mass is 10.1. The summed E-state index contributed by atoms with van der Waals surface area (Å²) in [6, 6.07) is 8.88. The SMILES string of the molecule is CCNC(c1ccc(CC)s1)c1ccc(F)cc1Cl. The van der Waals surface area contributed by atoms with Crippen LogP contribution in [0, 0.1) is 5.82 Å². The molecule has 0 radical (unpaired) electrons. The Labute approximate surface area is 122 Å². The van der Waals surface area contributed by atoms with Crippen molar-refractivity contribution in [3.05, 3.63) is 56.5 Å². The monoisotopic (exact) mass is 297 g/mol. The van der Waals surface area contributed by atoms with E-state index in [1.165, 1.54) is 21.9 Å². The average Bonchev–Trinajstić information content (AvgIpc) is 2.85. The van der Waals surface area contributed by atoms with Gasteiger partial charge in [-0.3, -0.25) is 0 Å². The zero-order valence-corrected chi connectivity index (χ0v) is 12.6. The second-order valence-corrected chi connectivity index (χ2v) is 5.92. The summed E-state index contributed by atoms with van der Waals surface area (Å²) >= 11 is 7.95. The summed E-state index contributed by atoms with van der Waals surface area (Å²) in [5.74, 6) is -0.301. The van der Waals surface area contributed by atoms with E-state index in [1.807, 2.05) is 0 Å². The third-order valence-electron chi connectivity index (χ3n) is 3.00. The molecule has 4 heteroatoms. The number of halogens is 2. The molecule has 2 aromatic rings. The maximum absolute atomic E-state index is 13.2. The molecule has 2 rings (SSSR count).